The SMILES string of the molecule is O=C(O)CC(c1cccnc1)S(=O)(=O)c1cccc(NC(=O)c2cccc(Nc3ccccn3)c2)c1. The maximum absolute atomic E-state index is 13.4. The fourth-order valence-electron chi connectivity index (χ4n) is 3.57. The van der Waals surface area contributed by atoms with Crippen LogP contribution in [0.2, 0.25) is 0 Å². The minimum Gasteiger partial charge on any atom is -0.481 e. The zero-order valence-corrected chi connectivity index (χ0v) is 19.7. The maximum Gasteiger partial charge on any atom is 0.305 e. The molecule has 0 aliphatic heterocycles. The lowest BCUT2D eigenvalue weighted by atomic mass is 10.1. The highest BCUT2D eigenvalue weighted by Gasteiger charge is 2.31. The lowest BCUT2D eigenvalue weighted by molar-refractivity contribution is -0.137. The number of carbonyl (C=O) groups is 2. The number of benzene rings is 2. The topological polar surface area (TPSA) is 138 Å². The van der Waals surface area contributed by atoms with Crippen LogP contribution < -0.4 is 10.6 Å². The van der Waals surface area contributed by atoms with Crippen molar-refractivity contribution in [1.29, 1.82) is 0 Å². The Balaban J connectivity index is 1.56. The smallest absolute Gasteiger partial charge is 0.305 e. The number of amides is 1. The van der Waals surface area contributed by atoms with E-state index in [1.165, 1.54) is 36.7 Å². The van der Waals surface area contributed by atoms with Gasteiger partial charge in [-0.1, -0.05) is 24.3 Å². The molecule has 1 unspecified atom stereocenters. The molecule has 2 heterocycles. The van der Waals surface area contributed by atoms with Gasteiger partial charge in [-0.25, -0.2) is 13.4 Å². The van der Waals surface area contributed by atoms with Gasteiger partial charge in [-0.05, 0) is 60.2 Å². The van der Waals surface area contributed by atoms with Crippen LogP contribution in [-0.4, -0.2) is 35.4 Å². The third-order valence-corrected chi connectivity index (χ3v) is 7.37. The van der Waals surface area contributed by atoms with Crippen LogP contribution in [0.3, 0.4) is 0 Å². The standard InChI is InChI=1S/C26H22N4O5S/c31-25(32)16-23(19-7-5-12-27-17-19)36(34,35)22-10-4-9-21(15-22)30-26(33)18-6-3-8-20(14-18)29-24-11-1-2-13-28-24/h1-15,17,23H,16H2,(H,28,29)(H,30,33)(H,31,32). The number of carboxylic acids is 1. The first kappa shape index (κ1) is 24.6. The van der Waals surface area contributed by atoms with Crippen molar-refractivity contribution in [3.05, 3.63) is 109 Å². The Kier molecular flexibility index (Phi) is 7.36. The van der Waals surface area contributed by atoms with Crippen LogP contribution in [0.15, 0.2) is 102 Å². The van der Waals surface area contributed by atoms with E-state index in [0.29, 0.717) is 17.1 Å². The van der Waals surface area contributed by atoms with E-state index in [1.54, 1.807) is 54.7 Å². The molecule has 0 radical (unpaired) electrons. The second-order valence-corrected chi connectivity index (χ2v) is 9.95. The second-order valence-electron chi connectivity index (χ2n) is 7.82. The number of carbonyl (C=O) groups excluding carboxylic acids is 1. The third-order valence-electron chi connectivity index (χ3n) is 5.27. The van der Waals surface area contributed by atoms with Gasteiger partial charge in [0.1, 0.15) is 11.1 Å². The number of anilines is 3. The molecule has 0 saturated heterocycles. The van der Waals surface area contributed by atoms with Crippen LogP contribution in [0.5, 0.6) is 0 Å². The first-order valence-corrected chi connectivity index (χ1v) is 12.4. The van der Waals surface area contributed by atoms with Gasteiger partial charge in [0.05, 0.1) is 11.3 Å². The van der Waals surface area contributed by atoms with Crippen molar-refractivity contribution in [2.24, 2.45) is 0 Å². The predicted molar refractivity (Wildman–Crippen MR) is 135 cm³/mol. The molecule has 0 spiro atoms. The first-order valence-electron chi connectivity index (χ1n) is 10.9. The quantitative estimate of drug-likeness (QED) is 0.305. The molecule has 0 bridgehead atoms. The van der Waals surface area contributed by atoms with Gasteiger partial charge in [-0.3, -0.25) is 14.6 Å². The lowest BCUT2D eigenvalue weighted by Gasteiger charge is -2.17. The van der Waals surface area contributed by atoms with Crippen LogP contribution in [0, 0.1) is 0 Å². The molecule has 3 N–H and O–H groups in total. The summed E-state index contributed by atoms with van der Waals surface area (Å²) >= 11 is 0. The molecule has 0 aliphatic rings. The maximum atomic E-state index is 13.4. The van der Waals surface area contributed by atoms with Crippen molar-refractivity contribution in [2.75, 3.05) is 10.6 Å². The largest absolute Gasteiger partial charge is 0.481 e. The molecule has 4 rings (SSSR count). The van der Waals surface area contributed by atoms with Crippen LogP contribution in [-0.2, 0) is 14.6 Å². The monoisotopic (exact) mass is 502 g/mol. The van der Waals surface area contributed by atoms with E-state index in [2.05, 4.69) is 20.6 Å². The van der Waals surface area contributed by atoms with Gasteiger partial charge < -0.3 is 15.7 Å². The molecule has 2 aromatic carbocycles. The normalized spacial score (nSPS) is 11.9. The number of rotatable bonds is 9. The Morgan fingerprint density at radius 2 is 1.69 bits per heavy atom. The zero-order chi connectivity index (χ0) is 25.5. The summed E-state index contributed by atoms with van der Waals surface area (Å²) in [6.45, 7) is 0. The van der Waals surface area contributed by atoms with E-state index >= 15 is 0 Å². The Morgan fingerprint density at radius 3 is 2.42 bits per heavy atom. The minimum atomic E-state index is -4.10. The first-order chi connectivity index (χ1) is 17.3. The van der Waals surface area contributed by atoms with E-state index in [0.717, 1.165) is 0 Å². The Morgan fingerprint density at radius 1 is 0.889 bits per heavy atom. The Hall–Kier alpha value is -4.57. The van der Waals surface area contributed by atoms with Gasteiger partial charge in [-0.15, -0.1) is 0 Å². The van der Waals surface area contributed by atoms with E-state index in [4.69, 9.17) is 0 Å². The molecule has 9 nitrogen and oxygen atoms in total. The zero-order valence-electron chi connectivity index (χ0n) is 18.9. The summed E-state index contributed by atoms with van der Waals surface area (Å²) in [6, 6.07) is 21.0. The summed E-state index contributed by atoms with van der Waals surface area (Å²) in [5.41, 5.74) is 1.53. The summed E-state index contributed by atoms with van der Waals surface area (Å²) in [4.78, 5) is 32.3. The van der Waals surface area contributed by atoms with Crippen LogP contribution >= 0.6 is 0 Å². The van der Waals surface area contributed by atoms with E-state index in [1.807, 2.05) is 6.07 Å². The molecular formula is C26H22N4O5S. The van der Waals surface area contributed by atoms with Gasteiger partial charge >= 0.3 is 5.97 Å². The van der Waals surface area contributed by atoms with Crippen molar-refractivity contribution >= 4 is 38.9 Å². The summed E-state index contributed by atoms with van der Waals surface area (Å²) < 4.78 is 26.8. The summed E-state index contributed by atoms with van der Waals surface area (Å²) in [5.74, 6) is -1.07. The molecule has 0 aliphatic carbocycles. The minimum absolute atomic E-state index is 0.110. The lowest BCUT2D eigenvalue weighted by Crippen LogP contribution is -2.18. The van der Waals surface area contributed by atoms with E-state index in [-0.39, 0.29) is 16.1 Å². The van der Waals surface area contributed by atoms with Crippen molar-refractivity contribution in [1.82, 2.24) is 9.97 Å². The molecule has 4 aromatic rings. The molecule has 1 atom stereocenters. The number of pyridine rings is 2. The van der Waals surface area contributed by atoms with Crippen molar-refractivity contribution in [2.45, 2.75) is 16.6 Å². The molecule has 1 amide bonds. The molecule has 36 heavy (non-hydrogen) atoms. The molecule has 2 aromatic heterocycles. The molecule has 10 heteroatoms. The number of sulfone groups is 1. The number of aromatic nitrogens is 2. The fourth-order valence-corrected chi connectivity index (χ4v) is 5.32. The molecular weight excluding hydrogens is 480 g/mol. The summed E-state index contributed by atoms with van der Waals surface area (Å²) in [5, 5.41) is 13.8. The van der Waals surface area contributed by atoms with E-state index < -0.39 is 33.4 Å². The van der Waals surface area contributed by atoms with Crippen LogP contribution in [0.4, 0.5) is 17.2 Å². The molecule has 0 fully saturated rings. The highest BCUT2D eigenvalue weighted by Crippen LogP contribution is 2.32. The van der Waals surface area contributed by atoms with Gasteiger partial charge in [0.15, 0.2) is 9.84 Å². The Bertz CT molecular complexity index is 1480. The number of aliphatic carboxylic acids is 1. The van der Waals surface area contributed by atoms with Crippen molar-refractivity contribution in [3.63, 3.8) is 0 Å². The number of carboxylic acid groups (broad SMARTS) is 1. The van der Waals surface area contributed by atoms with E-state index in [9.17, 15) is 23.1 Å². The predicted octanol–water partition coefficient (Wildman–Crippen LogP) is 4.46. The fraction of sp³-hybridized carbons (Fsp3) is 0.0769. The van der Waals surface area contributed by atoms with Gasteiger partial charge in [-0.2, -0.15) is 0 Å². The highest BCUT2D eigenvalue weighted by atomic mass is 32.2. The summed E-state index contributed by atoms with van der Waals surface area (Å²) in [7, 11) is -4.10. The molecule has 182 valence electrons. The Labute approximate surface area is 207 Å². The van der Waals surface area contributed by atoms with Crippen molar-refractivity contribution < 1.29 is 23.1 Å². The third kappa shape index (κ3) is 5.91. The number of nitrogens with one attached hydrogen (secondary N) is 2. The summed E-state index contributed by atoms with van der Waals surface area (Å²) in [6.07, 6.45) is 3.84. The average molecular weight is 503 g/mol. The highest BCUT2D eigenvalue weighted by molar-refractivity contribution is 7.91. The van der Waals surface area contributed by atoms with Crippen LogP contribution in [0.1, 0.15) is 27.6 Å². The second kappa shape index (κ2) is 10.8. The van der Waals surface area contributed by atoms with Crippen LogP contribution in [0.25, 0.3) is 0 Å². The van der Waals surface area contributed by atoms with Gasteiger partial charge in [0, 0.05) is 35.5 Å². The van der Waals surface area contributed by atoms with Gasteiger partial charge in [0.2, 0.25) is 0 Å². The van der Waals surface area contributed by atoms with Gasteiger partial charge in [0.25, 0.3) is 5.91 Å². The average Bonchev–Trinajstić information content (AvgIpc) is 2.88. The number of nitrogens with zero attached hydrogens (tertiary/aromatic N) is 2. The van der Waals surface area contributed by atoms with Crippen molar-refractivity contribution in [3.8, 4) is 0 Å². The molecule has 0 saturated carbocycles. The number of hydrogen-bond acceptors (Lipinski definition) is 7. The number of hydrogen-bond donors (Lipinski definition) is 3.